The number of fused-ring (bicyclic) bond motifs is 1. The Morgan fingerprint density at radius 3 is 2.50 bits per heavy atom. The molecule has 0 spiro atoms. The van der Waals surface area contributed by atoms with Gasteiger partial charge in [-0.1, -0.05) is 6.07 Å². The Balaban J connectivity index is 1.37. The fourth-order valence-corrected chi connectivity index (χ4v) is 4.20. The molecule has 1 aromatic heterocycles. The molecule has 0 saturated carbocycles. The Kier molecular flexibility index (Phi) is 5.73. The summed E-state index contributed by atoms with van der Waals surface area (Å²) in [5.74, 6) is 0. The first kappa shape index (κ1) is 19.5. The summed E-state index contributed by atoms with van der Waals surface area (Å²) < 4.78 is 44.9. The molecule has 3 heterocycles. The van der Waals surface area contributed by atoms with Crippen molar-refractivity contribution in [2.75, 3.05) is 44.2 Å². The van der Waals surface area contributed by atoms with Crippen LogP contribution < -0.4 is 4.90 Å². The maximum Gasteiger partial charge on any atom is 0.416 e. The second-order valence-electron chi connectivity index (χ2n) is 7.67. The van der Waals surface area contributed by atoms with Gasteiger partial charge in [0.05, 0.1) is 23.8 Å². The van der Waals surface area contributed by atoms with Gasteiger partial charge in [0.25, 0.3) is 0 Å². The van der Waals surface area contributed by atoms with Gasteiger partial charge in [0.15, 0.2) is 0 Å². The number of anilines is 1. The van der Waals surface area contributed by atoms with Gasteiger partial charge in [-0.15, -0.1) is 0 Å². The van der Waals surface area contributed by atoms with E-state index in [0.717, 1.165) is 62.3 Å². The molecule has 1 aromatic carbocycles. The van der Waals surface area contributed by atoms with Crippen LogP contribution in [0.3, 0.4) is 0 Å². The van der Waals surface area contributed by atoms with E-state index >= 15 is 0 Å². The molecule has 4 nitrogen and oxygen atoms in total. The van der Waals surface area contributed by atoms with Crippen LogP contribution in [0.4, 0.5) is 18.9 Å². The summed E-state index contributed by atoms with van der Waals surface area (Å²) in [6.45, 7) is 5.85. The number of hydrogen-bond donors (Lipinski definition) is 0. The molecule has 0 atom stereocenters. The zero-order valence-corrected chi connectivity index (χ0v) is 15.9. The van der Waals surface area contributed by atoms with Gasteiger partial charge in [-0.25, -0.2) is 0 Å². The molecule has 2 aliphatic rings. The number of benzene rings is 1. The number of halogens is 3. The molecule has 152 valence electrons. The Labute approximate surface area is 163 Å². The fourth-order valence-electron chi connectivity index (χ4n) is 4.20. The van der Waals surface area contributed by atoms with Gasteiger partial charge in [0, 0.05) is 36.9 Å². The van der Waals surface area contributed by atoms with Crippen LogP contribution in [-0.4, -0.2) is 55.3 Å². The summed E-state index contributed by atoms with van der Waals surface area (Å²) in [6, 6.07) is 5.71. The summed E-state index contributed by atoms with van der Waals surface area (Å²) in [5.41, 5.74) is 0.681. The summed E-state index contributed by atoms with van der Waals surface area (Å²) in [4.78, 5) is 8.83. The quantitative estimate of drug-likeness (QED) is 0.756. The van der Waals surface area contributed by atoms with Crippen molar-refractivity contribution < 1.29 is 17.9 Å². The van der Waals surface area contributed by atoms with Gasteiger partial charge in [-0.2, -0.15) is 13.2 Å². The van der Waals surface area contributed by atoms with Crippen molar-refractivity contribution >= 4 is 16.6 Å². The van der Waals surface area contributed by atoms with Crippen LogP contribution in [0.25, 0.3) is 10.9 Å². The SMILES string of the molecule is FC(F)(F)c1ccc2c(N3CCC(OCCN4CCCC4)CC3)ccnc2c1. The third-order valence-corrected chi connectivity index (χ3v) is 5.79. The molecule has 28 heavy (non-hydrogen) atoms. The largest absolute Gasteiger partial charge is 0.416 e. The monoisotopic (exact) mass is 393 g/mol. The molecule has 2 aliphatic heterocycles. The van der Waals surface area contributed by atoms with E-state index in [0.29, 0.717) is 5.52 Å². The fraction of sp³-hybridized carbons (Fsp3) is 0.571. The van der Waals surface area contributed by atoms with E-state index in [-0.39, 0.29) is 6.10 Å². The maximum atomic E-state index is 13.0. The van der Waals surface area contributed by atoms with E-state index in [1.165, 1.54) is 25.9 Å². The van der Waals surface area contributed by atoms with Crippen LogP contribution in [0, 0.1) is 0 Å². The molecule has 0 aliphatic carbocycles. The predicted octanol–water partition coefficient (Wildman–Crippen LogP) is 4.33. The number of piperidine rings is 1. The summed E-state index contributed by atoms with van der Waals surface area (Å²) in [7, 11) is 0. The van der Waals surface area contributed by atoms with Crippen molar-refractivity contribution in [3.05, 3.63) is 36.0 Å². The standard InChI is InChI=1S/C21H26F3N3O/c22-21(23,24)16-3-4-18-19(15-16)25-8-5-20(18)27-11-6-17(7-12-27)28-14-13-26-9-1-2-10-26/h3-5,8,15,17H,1-2,6-7,9-14H2. The number of likely N-dealkylation sites (tertiary alicyclic amines) is 1. The van der Waals surface area contributed by atoms with E-state index in [9.17, 15) is 13.2 Å². The van der Waals surface area contributed by atoms with Crippen molar-refractivity contribution in [3.8, 4) is 0 Å². The maximum absolute atomic E-state index is 13.0. The lowest BCUT2D eigenvalue weighted by Crippen LogP contribution is -2.38. The normalized spacial score (nSPS) is 19.6. The molecule has 0 amide bonds. The number of ether oxygens (including phenoxy) is 1. The summed E-state index contributed by atoms with van der Waals surface area (Å²) in [5, 5.41) is 0.768. The zero-order valence-electron chi connectivity index (χ0n) is 15.9. The van der Waals surface area contributed by atoms with Crippen LogP contribution >= 0.6 is 0 Å². The second kappa shape index (κ2) is 8.25. The van der Waals surface area contributed by atoms with Gasteiger partial charge in [-0.05, 0) is 57.0 Å². The highest BCUT2D eigenvalue weighted by atomic mass is 19.4. The smallest absolute Gasteiger partial charge is 0.377 e. The van der Waals surface area contributed by atoms with Crippen molar-refractivity contribution in [2.24, 2.45) is 0 Å². The Hall–Kier alpha value is -1.86. The number of pyridine rings is 1. The van der Waals surface area contributed by atoms with Gasteiger partial charge < -0.3 is 14.5 Å². The van der Waals surface area contributed by atoms with E-state index in [1.54, 1.807) is 12.3 Å². The lowest BCUT2D eigenvalue weighted by molar-refractivity contribution is -0.137. The van der Waals surface area contributed by atoms with Gasteiger partial charge in [0.2, 0.25) is 0 Å². The van der Waals surface area contributed by atoms with Crippen LogP contribution in [0.5, 0.6) is 0 Å². The third kappa shape index (κ3) is 4.41. The van der Waals surface area contributed by atoms with Gasteiger partial charge >= 0.3 is 6.18 Å². The highest BCUT2D eigenvalue weighted by molar-refractivity contribution is 5.92. The van der Waals surface area contributed by atoms with E-state index in [1.807, 2.05) is 6.07 Å². The average molecular weight is 393 g/mol. The number of rotatable bonds is 5. The third-order valence-electron chi connectivity index (χ3n) is 5.79. The van der Waals surface area contributed by atoms with E-state index in [2.05, 4.69) is 14.8 Å². The first-order valence-corrected chi connectivity index (χ1v) is 10.1. The predicted molar refractivity (Wildman–Crippen MR) is 104 cm³/mol. The van der Waals surface area contributed by atoms with Gasteiger partial charge in [-0.3, -0.25) is 4.98 Å². The number of hydrogen-bond acceptors (Lipinski definition) is 4. The minimum Gasteiger partial charge on any atom is -0.377 e. The molecule has 7 heteroatoms. The van der Waals surface area contributed by atoms with Crippen molar-refractivity contribution in [1.29, 1.82) is 0 Å². The minimum atomic E-state index is -4.35. The molecular weight excluding hydrogens is 367 g/mol. The Morgan fingerprint density at radius 1 is 1.04 bits per heavy atom. The van der Waals surface area contributed by atoms with Crippen LogP contribution in [-0.2, 0) is 10.9 Å². The van der Waals surface area contributed by atoms with Crippen LogP contribution in [0.15, 0.2) is 30.5 Å². The van der Waals surface area contributed by atoms with Crippen molar-refractivity contribution in [1.82, 2.24) is 9.88 Å². The van der Waals surface area contributed by atoms with Crippen molar-refractivity contribution in [2.45, 2.75) is 38.0 Å². The molecule has 4 rings (SSSR count). The number of alkyl halides is 3. The Morgan fingerprint density at radius 2 is 1.79 bits per heavy atom. The summed E-state index contributed by atoms with van der Waals surface area (Å²) in [6.07, 6.45) is 1.97. The molecule has 2 saturated heterocycles. The molecule has 2 aromatic rings. The topological polar surface area (TPSA) is 28.6 Å². The van der Waals surface area contributed by atoms with E-state index < -0.39 is 11.7 Å². The highest BCUT2D eigenvalue weighted by Gasteiger charge is 2.31. The zero-order chi connectivity index (χ0) is 19.6. The summed E-state index contributed by atoms with van der Waals surface area (Å²) >= 11 is 0. The number of nitrogens with zero attached hydrogens (tertiary/aromatic N) is 3. The molecule has 2 fully saturated rings. The average Bonchev–Trinajstić information content (AvgIpc) is 3.20. The molecule has 0 bridgehead atoms. The lowest BCUT2D eigenvalue weighted by atomic mass is 10.0. The highest BCUT2D eigenvalue weighted by Crippen LogP contribution is 2.34. The Bertz CT molecular complexity index is 797. The molecule has 0 N–H and O–H groups in total. The first-order chi connectivity index (χ1) is 13.5. The molecule has 0 unspecified atom stereocenters. The molecular formula is C21H26F3N3O. The molecule has 0 radical (unpaired) electrons. The first-order valence-electron chi connectivity index (χ1n) is 10.1. The van der Waals surface area contributed by atoms with E-state index in [4.69, 9.17) is 4.74 Å². The number of aromatic nitrogens is 1. The van der Waals surface area contributed by atoms with Crippen molar-refractivity contribution in [3.63, 3.8) is 0 Å². The van der Waals surface area contributed by atoms with Gasteiger partial charge in [0.1, 0.15) is 0 Å². The minimum absolute atomic E-state index is 0.267. The lowest BCUT2D eigenvalue weighted by Gasteiger charge is -2.34. The van der Waals surface area contributed by atoms with Crippen LogP contribution in [0.1, 0.15) is 31.2 Å². The van der Waals surface area contributed by atoms with Crippen LogP contribution in [0.2, 0.25) is 0 Å². The second-order valence-corrected chi connectivity index (χ2v) is 7.67.